The van der Waals surface area contributed by atoms with E-state index in [1.165, 1.54) is 12.1 Å². The average Bonchev–Trinajstić information content (AvgIpc) is 3.51. The number of aromatic nitrogens is 6. The number of H-pyrrole nitrogens is 2. The van der Waals surface area contributed by atoms with Crippen LogP contribution in [0.15, 0.2) is 67.3 Å². The van der Waals surface area contributed by atoms with Gasteiger partial charge in [-0.3, -0.25) is 14.9 Å². The first-order valence-electron chi connectivity index (χ1n) is 12.4. The Hall–Kier alpha value is -5.12. The van der Waals surface area contributed by atoms with Crippen LogP contribution in [0.25, 0.3) is 55.7 Å². The van der Waals surface area contributed by atoms with Crippen molar-refractivity contribution in [2.75, 3.05) is 5.32 Å². The van der Waals surface area contributed by atoms with E-state index in [1.807, 2.05) is 32.0 Å². The highest BCUT2D eigenvalue weighted by Crippen LogP contribution is 2.35. The van der Waals surface area contributed by atoms with Crippen molar-refractivity contribution in [1.82, 2.24) is 30.1 Å². The van der Waals surface area contributed by atoms with E-state index in [1.54, 1.807) is 30.9 Å². The molecular formula is C29H24FN7O2. The Labute approximate surface area is 222 Å². The van der Waals surface area contributed by atoms with Crippen LogP contribution in [0.1, 0.15) is 20.3 Å². The van der Waals surface area contributed by atoms with Crippen molar-refractivity contribution in [1.29, 1.82) is 0 Å². The van der Waals surface area contributed by atoms with Crippen molar-refractivity contribution >= 4 is 33.7 Å². The van der Waals surface area contributed by atoms with Crippen molar-refractivity contribution in [3.05, 3.63) is 73.1 Å². The maximum Gasteiger partial charge on any atom is 0.224 e. The molecule has 6 rings (SSSR count). The monoisotopic (exact) mass is 521 g/mol. The molecule has 6 aromatic rings. The molecule has 39 heavy (non-hydrogen) atoms. The molecule has 10 heteroatoms. The van der Waals surface area contributed by atoms with Crippen LogP contribution < -0.4 is 5.32 Å². The topological polar surface area (TPSA) is 132 Å². The molecule has 0 fully saturated rings. The molecule has 0 spiro atoms. The SMILES string of the molecule is CC(C)CC(=O)Nc1cncc(-c2cnc3[nH]nc(-c4cc5c(-c6cc(O)cc(F)c6)ccnc5[nH]4)c3c2)c1. The maximum atomic E-state index is 14.0. The van der Waals surface area contributed by atoms with E-state index < -0.39 is 5.82 Å². The summed E-state index contributed by atoms with van der Waals surface area (Å²) in [7, 11) is 0. The molecule has 5 heterocycles. The second-order valence-corrected chi connectivity index (χ2v) is 9.80. The lowest BCUT2D eigenvalue weighted by atomic mass is 10.0. The molecule has 0 aliphatic heterocycles. The van der Waals surface area contributed by atoms with Gasteiger partial charge in [0.05, 0.1) is 17.6 Å². The van der Waals surface area contributed by atoms with E-state index in [-0.39, 0.29) is 17.6 Å². The molecule has 0 saturated carbocycles. The minimum atomic E-state index is -0.527. The molecule has 1 aromatic carbocycles. The second kappa shape index (κ2) is 9.64. The zero-order valence-electron chi connectivity index (χ0n) is 21.2. The number of carbonyl (C=O) groups excluding carboxylic acids is 1. The van der Waals surface area contributed by atoms with Gasteiger partial charge in [-0.15, -0.1) is 0 Å². The van der Waals surface area contributed by atoms with E-state index in [9.17, 15) is 14.3 Å². The first-order valence-corrected chi connectivity index (χ1v) is 12.4. The Balaban J connectivity index is 1.39. The van der Waals surface area contributed by atoms with Gasteiger partial charge in [-0.05, 0) is 53.4 Å². The fourth-order valence-corrected chi connectivity index (χ4v) is 4.65. The lowest BCUT2D eigenvalue weighted by molar-refractivity contribution is -0.116. The van der Waals surface area contributed by atoms with Crippen LogP contribution in [-0.2, 0) is 4.79 Å². The van der Waals surface area contributed by atoms with Gasteiger partial charge in [-0.1, -0.05) is 13.8 Å². The number of fused-ring (bicyclic) bond motifs is 2. The molecule has 0 radical (unpaired) electrons. The largest absolute Gasteiger partial charge is 0.508 e. The number of rotatable bonds is 6. The van der Waals surface area contributed by atoms with Gasteiger partial charge in [-0.2, -0.15) is 5.10 Å². The highest BCUT2D eigenvalue weighted by atomic mass is 19.1. The van der Waals surface area contributed by atoms with Crippen LogP contribution in [0, 0.1) is 11.7 Å². The van der Waals surface area contributed by atoms with Gasteiger partial charge in [0.1, 0.15) is 22.9 Å². The van der Waals surface area contributed by atoms with Crippen LogP contribution in [0.2, 0.25) is 0 Å². The van der Waals surface area contributed by atoms with Gasteiger partial charge in [0.2, 0.25) is 5.91 Å². The Morgan fingerprint density at radius 1 is 0.974 bits per heavy atom. The minimum Gasteiger partial charge on any atom is -0.508 e. The predicted octanol–water partition coefficient (Wildman–Crippen LogP) is 6.06. The van der Waals surface area contributed by atoms with Crippen molar-refractivity contribution in [3.8, 4) is 39.4 Å². The number of phenols is 1. The van der Waals surface area contributed by atoms with Crippen molar-refractivity contribution in [3.63, 3.8) is 0 Å². The fourth-order valence-electron chi connectivity index (χ4n) is 4.65. The summed E-state index contributed by atoms with van der Waals surface area (Å²) in [5.41, 5.74) is 6.01. The number of benzene rings is 1. The summed E-state index contributed by atoms with van der Waals surface area (Å²) in [6.07, 6.45) is 7.11. The summed E-state index contributed by atoms with van der Waals surface area (Å²) in [6.45, 7) is 3.99. The molecule has 0 atom stereocenters. The number of halogens is 1. The highest BCUT2D eigenvalue weighted by molar-refractivity contribution is 6.00. The lowest BCUT2D eigenvalue weighted by Gasteiger charge is -2.08. The predicted molar refractivity (Wildman–Crippen MR) is 147 cm³/mol. The molecule has 0 unspecified atom stereocenters. The standard InChI is InChI=1S/C29H24FN7O2/c1-15(2)5-26(39)34-20-7-17(12-31-14-20)18-9-24-27(36-37-29(24)33-13-18)25-11-23-22(3-4-32-28(23)35-25)16-6-19(30)10-21(38)8-16/h3-4,6-15,38H,5H2,1-2H3,(H,32,35)(H,34,39)(H,33,36,37). The third-order valence-electron chi connectivity index (χ3n) is 6.35. The van der Waals surface area contributed by atoms with E-state index in [2.05, 4.69) is 35.5 Å². The number of hydrogen-bond acceptors (Lipinski definition) is 6. The molecule has 5 aromatic heterocycles. The second-order valence-electron chi connectivity index (χ2n) is 9.80. The number of pyridine rings is 3. The van der Waals surface area contributed by atoms with E-state index >= 15 is 0 Å². The lowest BCUT2D eigenvalue weighted by Crippen LogP contribution is -2.13. The van der Waals surface area contributed by atoms with Crippen molar-refractivity contribution in [2.45, 2.75) is 20.3 Å². The average molecular weight is 522 g/mol. The number of nitrogens with one attached hydrogen (secondary N) is 3. The molecule has 0 aliphatic rings. The molecule has 0 aliphatic carbocycles. The van der Waals surface area contributed by atoms with Crippen LogP contribution in [0.3, 0.4) is 0 Å². The number of aromatic hydroxyl groups is 1. The molecule has 0 saturated heterocycles. The first kappa shape index (κ1) is 24.2. The number of anilines is 1. The van der Waals surface area contributed by atoms with E-state index in [4.69, 9.17) is 0 Å². The Morgan fingerprint density at radius 3 is 2.64 bits per heavy atom. The molecule has 0 bridgehead atoms. The Kier molecular flexibility index (Phi) is 5.99. The number of nitrogens with zero attached hydrogens (tertiary/aromatic N) is 4. The third kappa shape index (κ3) is 4.79. The number of hydrogen-bond donors (Lipinski definition) is 4. The van der Waals surface area contributed by atoms with Gasteiger partial charge >= 0.3 is 0 Å². The smallest absolute Gasteiger partial charge is 0.224 e. The third-order valence-corrected chi connectivity index (χ3v) is 6.35. The minimum absolute atomic E-state index is 0.0603. The summed E-state index contributed by atoms with van der Waals surface area (Å²) in [5.74, 6) is -0.486. The summed E-state index contributed by atoms with van der Waals surface area (Å²) in [5, 5.41) is 21.8. The zero-order valence-corrected chi connectivity index (χ0v) is 21.2. The summed E-state index contributed by atoms with van der Waals surface area (Å²) in [4.78, 5) is 28.8. The maximum absolute atomic E-state index is 14.0. The van der Waals surface area contributed by atoms with Crippen LogP contribution >= 0.6 is 0 Å². The van der Waals surface area contributed by atoms with E-state index in [0.717, 1.165) is 33.5 Å². The fraction of sp³-hybridized carbons (Fsp3) is 0.138. The molecule has 9 nitrogen and oxygen atoms in total. The van der Waals surface area contributed by atoms with Crippen molar-refractivity contribution < 1.29 is 14.3 Å². The number of phenolic OH excluding ortho intramolecular Hbond substituents is 1. The molecule has 1 amide bonds. The van der Waals surface area contributed by atoms with E-state index in [0.29, 0.717) is 40.4 Å². The van der Waals surface area contributed by atoms with Crippen LogP contribution in [0.4, 0.5) is 10.1 Å². The Morgan fingerprint density at radius 2 is 1.82 bits per heavy atom. The van der Waals surface area contributed by atoms with Crippen LogP contribution in [0.5, 0.6) is 5.75 Å². The number of amides is 1. The van der Waals surface area contributed by atoms with Gasteiger partial charge in [0.15, 0.2) is 5.65 Å². The molecular weight excluding hydrogens is 497 g/mol. The van der Waals surface area contributed by atoms with Gasteiger partial charge in [0.25, 0.3) is 0 Å². The normalized spacial score (nSPS) is 11.5. The van der Waals surface area contributed by atoms with Gasteiger partial charge in [-0.25, -0.2) is 14.4 Å². The quantitative estimate of drug-likeness (QED) is 0.211. The zero-order chi connectivity index (χ0) is 27.1. The summed E-state index contributed by atoms with van der Waals surface area (Å²) >= 11 is 0. The molecule has 4 N–H and O–H groups in total. The van der Waals surface area contributed by atoms with Crippen LogP contribution in [-0.4, -0.2) is 41.1 Å². The van der Waals surface area contributed by atoms with Gasteiger partial charge in [0, 0.05) is 53.0 Å². The first-order chi connectivity index (χ1) is 18.8. The summed E-state index contributed by atoms with van der Waals surface area (Å²) in [6, 6.07) is 11.4. The Bertz CT molecular complexity index is 1840. The molecule has 194 valence electrons. The number of aromatic amines is 2. The summed E-state index contributed by atoms with van der Waals surface area (Å²) < 4.78 is 14.0. The number of carbonyl (C=O) groups is 1. The van der Waals surface area contributed by atoms with Crippen molar-refractivity contribution in [2.24, 2.45) is 5.92 Å². The van der Waals surface area contributed by atoms with Gasteiger partial charge < -0.3 is 15.4 Å². The highest BCUT2D eigenvalue weighted by Gasteiger charge is 2.16.